The van der Waals surface area contributed by atoms with E-state index in [0.717, 1.165) is 5.56 Å². The third-order valence-corrected chi connectivity index (χ3v) is 2.10. The fraction of sp³-hybridized carbons (Fsp3) is 0. The minimum atomic E-state index is -0.325. The van der Waals surface area contributed by atoms with Crippen LogP contribution in [0.4, 0.5) is 5.95 Å². The molecule has 0 unspecified atom stereocenters. The third-order valence-electron chi connectivity index (χ3n) is 2.10. The molecule has 0 bridgehead atoms. The van der Waals surface area contributed by atoms with Gasteiger partial charge in [0.2, 0.25) is 5.95 Å². The van der Waals surface area contributed by atoms with Crippen LogP contribution in [0.15, 0.2) is 36.7 Å². The number of carbonyl (C=O) groups excluding carboxylic acids is 1. The van der Waals surface area contributed by atoms with Gasteiger partial charge < -0.3 is 0 Å². The van der Waals surface area contributed by atoms with Crippen LogP contribution in [0.5, 0.6) is 0 Å². The van der Waals surface area contributed by atoms with Gasteiger partial charge in [0, 0.05) is 6.08 Å². The summed E-state index contributed by atoms with van der Waals surface area (Å²) in [5.41, 5.74) is 1.33. The summed E-state index contributed by atoms with van der Waals surface area (Å²) in [6, 6.07) is 8.99. The minimum Gasteiger partial charge on any atom is -0.291 e. The predicted octanol–water partition coefficient (Wildman–Crippen LogP) is 1.33. The Morgan fingerprint density at radius 3 is 3.11 bits per heavy atom. The molecule has 0 aliphatic carbocycles. The quantitative estimate of drug-likeness (QED) is 0.790. The van der Waals surface area contributed by atoms with Crippen LogP contribution in [-0.4, -0.2) is 21.1 Å². The van der Waals surface area contributed by atoms with Gasteiger partial charge in [-0.05, 0) is 23.8 Å². The summed E-state index contributed by atoms with van der Waals surface area (Å²) >= 11 is 0. The van der Waals surface area contributed by atoms with Gasteiger partial charge in [-0.3, -0.25) is 10.1 Å². The molecule has 0 aliphatic rings. The maximum atomic E-state index is 11.5. The molecule has 6 heteroatoms. The number of nitrogens with one attached hydrogen (secondary N) is 2. The molecule has 0 spiro atoms. The van der Waals surface area contributed by atoms with Crippen LogP contribution in [0.2, 0.25) is 0 Å². The Kier molecular flexibility index (Phi) is 3.47. The molecule has 18 heavy (non-hydrogen) atoms. The smallest absolute Gasteiger partial charge is 0.250 e. The number of H-pyrrole nitrogens is 1. The monoisotopic (exact) mass is 239 g/mol. The van der Waals surface area contributed by atoms with Crippen LogP contribution in [0, 0.1) is 11.3 Å². The summed E-state index contributed by atoms with van der Waals surface area (Å²) in [6.45, 7) is 0. The fourth-order valence-corrected chi connectivity index (χ4v) is 1.31. The molecule has 1 heterocycles. The number of aromatic amines is 1. The van der Waals surface area contributed by atoms with Gasteiger partial charge in [0.25, 0.3) is 5.91 Å². The SMILES string of the molecule is N#Cc1cccc(C=CC(=O)Nc2ncn[nH]2)c1. The summed E-state index contributed by atoms with van der Waals surface area (Å²) in [4.78, 5) is 15.3. The third kappa shape index (κ3) is 3.02. The molecule has 6 nitrogen and oxygen atoms in total. The number of benzene rings is 1. The Balaban J connectivity index is 2.02. The van der Waals surface area contributed by atoms with Crippen molar-refractivity contribution in [2.24, 2.45) is 0 Å². The van der Waals surface area contributed by atoms with Gasteiger partial charge in [-0.2, -0.15) is 15.3 Å². The molecule has 2 aromatic rings. The highest BCUT2D eigenvalue weighted by Crippen LogP contribution is 2.06. The first kappa shape index (κ1) is 11.5. The molecule has 0 atom stereocenters. The summed E-state index contributed by atoms with van der Waals surface area (Å²) in [7, 11) is 0. The number of hydrogen-bond acceptors (Lipinski definition) is 4. The van der Waals surface area contributed by atoms with Crippen LogP contribution in [0.25, 0.3) is 6.08 Å². The fourth-order valence-electron chi connectivity index (χ4n) is 1.31. The molecule has 2 N–H and O–H groups in total. The van der Waals surface area contributed by atoms with Crippen molar-refractivity contribution in [3.63, 3.8) is 0 Å². The Bertz CT molecular complexity index is 610. The molecule has 0 saturated carbocycles. The lowest BCUT2D eigenvalue weighted by atomic mass is 10.1. The van der Waals surface area contributed by atoms with Gasteiger partial charge >= 0.3 is 0 Å². The second-order valence-corrected chi connectivity index (χ2v) is 3.39. The number of amides is 1. The number of anilines is 1. The number of hydrogen-bond donors (Lipinski definition) is 2. The molecule has 0 aliphatic heterocycles. The van der Waals surface area contributed by atoms with E-state index in [1.54, 1.807) is 30.3 Å². The number of carbonyl (C=O) groups is 1. The van der Waals surface area contributed by atoms with E-state index in [2.05, 4.69) is 20.5 Å². The van der Waals surface area contributed by atoms with Crippen LogP contribution in [-0.2, 0) is 4.79 Å². The van der Waals surface area contributed by atoms with Gasteiger partial charge in [-0.25, -0.2) is 5.10 Å². The molecule has 1 amide bonds. The van der Waals surface area contributed by atoms with Crippen LogP contribution < -0.4 is 5.32 Å². The maximum absolute atomic E-state index is 11.5. The van der Waals surface area contributed by atoms with Crippen molar-refractivity contribution in [1.82, 2.24) is 15.2 Å². The van der Waals surface area contributed by atoms with Crippen molar-refractivity contribution in [2.75, 3.05) is 5.32 Å². The summed E-state index contributed by atoms with van der Waals surface area (Å²) in [6.07, 6.45) is 4.28. The first-order chi connectivity index (χ1) is 8.78. The Hall–Kier alpha value is -2.94. The standard InChI is InChI=1S/C12H9N5O/c13-7-10-3-1-2-9(6-10)4-5-11(18)16-12-14-8-15-17-12/h1-6,8H,(H2,14,15,16,17,18). The normalized spacial score (nSPS) is 10.2. The minimum absolute atomic E-state index is 0.287. The lowest BCUT2D eigenvalue weighted by Crippen LogP contribution is -2.08. The zero-order valence-electron chi connectivity index (χ0n) is 9.29. The molecule has 0 fully saturated rings. The molecule has 1 aromatic carbocycles. The van der Waals surface area contributed by atoms with Gasteiger partial charge in [0.05, 0.1) is 11.6 Å². The van der Waals surface area contributed by atoms with Gasteiger partial charge in [-0.15, -0.1) is 0 Å². The first-order valence-corrected chi connectivity index (χ1v) is 5.12. The second-order valence-electron chi connectivity index (χ2n) is 3.39. The zero-order valence-corrected chi connectivity index (χ0v) is 9.29. The molecule has 0 saturated heterocycles. The summed E-state index contributed by atoms with van der Waals surface area (Å²) in [5.74, 6) is -0.0375. The van der Waals surface area contributed by atoms with Gasteiger partial charge in [0.1, 0.15) is 6.33 Å². The van der Waals surface area contributed by atoms with E-state index in [0.29, 0.717) is 5.56 Å². The molecule has 0 radical (unpaired) electrons. The zero-order chi connectivity index (χ0) is 12.8. The maximum Gasteiger partial charge on any atom is 0.250 e. The average Bonchev–Trinajstić information content (AvgIpc) is 2.89. The molecule has 1 aromatic heterocycles. The Labute approximate surface area is 103 Å². The van der Waals surface area contributed by atoms with Crippen LogP contribution in [0.3, 0.4) is 0 Å². The Morgan fingerprint density at radius 1 is 1.50 bits per heavy atom. The largest absolute Gasteiger partial charge is 0.291 e. The van der Waals surface area contributed by atoms with E-state index in [1.165, 1.54) is 12.4 Å². The van der Waals surface area contributed by atoms with Gasteiger partial charge in [0.15, 0.2) is 0 Å². The van der Waals surface area contributed by atoms with Crippen LogP contribution in [0.1, 0.15) is 11.1 Å². The van der Waals surface area contributed by atoms with Gasteiger partial charge in [-0.1, -0.05) is 12.1 Å². The summed E-state index contributed by atoms with van der Waals surface area (Å²) in [5, 5.41) is 17.4. The number of nitrogens with zero attached hydrogens (tertiary/aromatic N) is 3. The predicted molar refractivity (Wildman–Crippen MR) is 65.2 cm³/mol. The molecular weight excluding hydrogens is 230 g/mol. The van der Waals surface area contributed by atoms with Crippen molar-refractivity contribution in [3.8, 4) is 6.07 Å². The van der Waals surface area contributed by atoms with Crippen molar-refractivity contribution >= 4 is 17.9 Å². The lowest BCUT2D eigenvalue weighted by Gasteiger charge is -1.96. The van der Waals surface area contributed by atoms with E-state index in [4.69, 9.17) is 5.26 Å². The number of rotatable bonds is 3. The van der Waals surface area contributed by atoms with Crippen molar-refractivity contribution in [2.45, 2.75) is 0 Å². The van der Waals surface area contributed by atoms with Crippen molar-refractivity contribution < 1.29 is 4.79 Å². The highest BCUT2D eigenvalue weighted by molar-refractivity contribution is 6.00. The second kappa shape index (κ2) is 5.41. The topological polar surface area (TPSA) is 94.5 Å². The molecule has 88 valence electrons. The highest BCUT2D eigenvalue weighted by Gasteiger charge is 1.99. The van der Waals surface area contributed by atoms with E-state index < -0.39 is 0 Å². The summed E-state index contributed by atoms with van der Waals surface area (Å²) < 4.78 is 0. The van der Waals surface area contributed by atoms with Crippen LogP contribution >= 0.6 is 0 Å². The lowest BCUT2D eigenvalue weighted by molar-refractivity contribution is -0.111. The molecule has 2 rings (SSSR count). The average molecular weight is 239 g/mol. The van der Waals surface area contributed by atoms with Crippen molar-refractivity contribution in [3.05, 3.63) is 47.8 Å². The van der Waals surface area contributed by atoms with E-state index in [1.807, 2.05) is 6.07 Å². The van der Waals surface area contributed by atoms with E-state index in [9.17, 15) is 4.79 Å². The van der Waals surface area contributed by atoms with E-state index >= 15 is 0 Å². The van der Waals surface area contributed by atoms with E-state index in [-0.39, 0.29) is 11.9 Å². The van der Waals surface area contributed by atoms with Crippen molar-refractivity contribution in [1.29, 1.82) is 5.26 Å². The highest BCUT2D eigenvalue weighted by atomic mass is 16.1. The first-order valence-electron chi connectivity index (χ1n) is 5.12. The molecular formula is C12H9N5O. The number of nitriles is 1. The Morgan fingerprint density at radius 2 is 2.39 bits per heavy atom. The number of aromatic nitrogens is 3.